The number of nitrogens with two attached hydrogens (primary N) is 1. The summed E-state index contributed by atoms with van der Waals surface area (Å²) in [4.78, 5) is 8.16. The van der Waals surface area contributed by atoms with Gasteiger partial charge < -0.3 is 11.1 Å². The summed E-state index contributed by atoms with van der Waals surface area (Å²) in [7, 11) is 0. The maximum absolute atomic E-state index is 5.71. The lowest BCUT2D eigenvalue weighted by Crippen LogP contribution is -2.27. The fraction of sp³-hybridized carbons (Fsp3) is 0.600. The first-order chi connectivity index (χ1) is 7.20. The van der Waals surface area contributed by atoms with Gasteiger partial charge in [-0.1, -0.05) is 0 Å². The molecule has 0 amide bonds. The molecule has 0 spiro atoms. The van der Waals surface area contributed by atoms with Gasteiger partial charge in [-0.3, -0.25) is 0 Å². The van der Waals surface area contributed by atoms with Crippen molar-refractivity contribution in [1.29, 1.82) is 0 Å². The Morgan fingerprint density at radius 3 is 3.00 bits per heavy atom. The van der Waals surface area contributed by atoms with Crippen molar-refractivity contribution in [3.05, 3.63) is 12.4 Å². The van der Waals surface area contributed by atoms with Crippen molar-refractivity contribution >= 4 is 23.4 Å². The third kappa shape index (κ3) is 2.53. The average Bonchev–Trinajstić information content (AvgIpc) is 2.65. The number of hydrogen-bond donors (Lipinski definition) is 2. The summed E-state index contributed by atoms with van der Waals surface area (Å²) in [5.41, 5.74) is 5.71. The molecule has 82 valence electrons. The zero-order valence-corrected chi connectivity index (χ0v) is 9.68. The van der Waals surface area contributed by atoms with Crippen molar-refractivity contribution in [2.45, 2.75) is 24.5 Å². The number of thioether (sulfide) groups is 1. The monoisotopic (exact) mass is 224 g/mol. The Kier molecular flexibility index (Phi) is 3.00. The smallest absolute Gasteiger partial charge is 0.168 e. The number of aromatic nitrogens is 2. The molecule has 1 saturated heterocycles. The largest absolute Gasteiger partial charge is 0.381 e. The van der Waals surface area contributed by atoms with Crippen molar-refractivity contribution in [1.82, 2.24) is 9.97 Å². The van der Waals surface area contributed by atoms with Crippen LogP contribution >= 0.6 is 11.8 Å². The Balaban J connectivity index is 1.95. The highest BCUT2D eigenvalue weighted by Gasteiger charge is 2.29. The number of anilines is 2. The zero-order valence-electron chi connectivity index (χ0n) is 8.86. The molecule has 1 aliphatic heterocycles. The number of nitrogen functional groups attached to an aromatic ring is 1. The van der Waals surface area contributed by atoms with Gasteiger partial charge in [0.15, 0.2) is 11.6 Å². The van der Waals surface area contributed by atoms with Gasteiger partial charge in [0.05, 0.1) is 0 Å². The van der Waals surface area contributed by atoms with E-state index in [2.05, 4.69) is 22.2 Å². The van der Waals surface area contributed by atoms with Crippen LogP contribution in [0.5, 0.6) is 0 Å². The molecule has 1 aliphatic rings. The highest BCUT2D eigenvalue weighted by molar-refractivity contribution is 8.00. The first-order valence-electron chi connectivity index (χ1n) is 5.14. The number of nitrogens with one attached hydrogen (secondary N) is 1. The number of nitrogens with zero attached hydrogens (tertiary/aromatic N) is 2. The maximum atomic E-state index is 5.71. The lowest BCUT2D eigenvalue weighted by atomic mass is 10.1. The third-order valence-corrected chi connectivity index (χ3v) is 4.19. The van der Waals surface area contributed by atoms with Crippen molar-refractivity contribution in [3.63, 3.8) is 0 Å². The van der Waals surface area contributed by atoms with E-state index >= 15 is 0 Å². The molecule has 5 heteroatoms. The van der Waals surface area contributed by atoms with Crippen LogP contribution < -0.4 is 11.1 Å². The molecule has 1 atom stereocenters. The van der Waals surface area contributed by atoms with Crippen LogP contribution in [0.2, 0.25) is 0 Å². The van der Waals surface area contributed by atoms with Crippen molar-refractivity contribution < 1.29 is 0 Å². The van der Waals surface area contributed by atoms with Crippen LogP contribution in [-0.4, -0.2) is 27.0 Å². The van der Waals surface area contributed by atoms with E-state index in [1.165, 1.54) is 18.6 Å². The molecule has 0 aliphatic carbocycles. The summed E-state index contributed by atoms with van der Waals surface area (Å²) in [6, 6.07) is 0. The van der Waals surface area contributed by atoms with Gasteiger partial charge in [0.2, 0.25) is 0 Å². The first kappa shape index (κ1) is 10.5. The van der Waals surface area contributed by atoms with Crippen LogP contribution in [0.3, 0.4) is 0 Å². The molecular weight excluding hydrogens is 208 g/mol. The fourth-order valence-corrected chi connectivity index (χ4v) is 2.98. The molecule has 4 nitrogen and oxygen atoms in total. The zero-order chi connectivity index (χ0) is 10.7. The second kappa shape index (κ2) is 4.26. The predicted octanol–water partition coefficient (Wildman–Crippen LogP) is 1.76. The fourth-order valence-electron chi connectivity index (χ4n) is 1.73. The topological polar surface area (TPSA) is 63.8 Å². The molecule has 1 aromatic heterocycles. The SMILES string of the molecule is CC1(CNc2nccnc2N)CCCS1. The van der Waals surface area contributed by atoms with Gasteiger partial charge in [0.1, 0.15) is 0 Å². The second-order valence-electron chi connectivity index (χ2n) is 4.05. The van der Waals surface area contributed by atoms with Gasteiger partial charge in [0.25, 0.3) is 0 Å². The highest BCUT2D eigenvalue weighted by atomic mass is 32.2. The molecule has 3 N–H and O–H groups in total. The summed E-state index contributed by atoms with van der Waals surface area (Å²) in [5.74, 6) is 2.43. The molecule has 0 saturated carbocycles. The standard InChI is InChI=1S/C10H16N4S/c1-10(3-2-6-15-10)7-14-9-8(11)12-4-5-13-9/h4-5H,2-3,6-7H2,1H3,(H2,11,12)(H,13,14). The molecule has 0 radical (unpaired) electrons. The van der Waals surface area contributed by atoms with E-state index in [9.17, 15) is 0 Å². The second-order valence-corrected chi connectivity index (χ2v) is 5.73. The van der Waals surface area contributed by atoms with Crippen molar-refractivity contribution in [3.8, 4) is 0 Å². The van der Waals surface area contributed by atoms with Gasteiger partial charge >= 0.3 is 0 Å². The molecule has 2 rings (SSSR count). The minimum Gasteiger partial charge on any atom is -0.381 e. The van der Waals surface area contributed by atoms with E-state index < -0.39 is 0 Å². The summed E-state index contributed by atoms with van der Waals surface area (Å²) < 4.78 is 0.323. The van der Waals surface area contributed by atoms with Crippen LogP contribution in [0.1, 0.15) is 19.8 Å². The van der Waals surface area contributed by atoms with Crippen LogP contribution in [0.4, 0.5) is 11.6 Å². The third-order valence-electron chi connectivity index (χ3n) is 2.66. The Morgan fingerprint density at radius 1 is 1.53 bits per heavy atom. The van der Waals surface area contributed by atoms with Crippen LogP contribution in [0, 0.1) is 0 Å². The molecule has 0 bridgehead atoms. The summed E-state index contributed by atoms with van der Waals surface area (Å²) >= 11 is 2.02. The molecule has 2 heterocycles. The lowest BCUT2D eigenvalue weighted by Gasteiger charge is -2.23. The molecule has 1 aromatic rings. The van der Waals surface area contributed by atoms with Crippen LogP contribution in [-0.2, 0) is 0 Å². The molecule has 1 unspecified atom stereocenters. The summed E-state index contributed by atoms with van der Waals surface area (Å²) in [6.07, 6.45) is 5.82. The van der Waals surface area contributed by atoms with E-state index in [-0.39, 0.29) is 0 Å². The van der Waals surface area contributed by atoms with E-state index in [4.69, 9.17) is 5.73 Å². The molecule has 15 heavy (non-hydrogen) atoms. The Labute approximate surface area is 94.1 Å². The average molecular weight is 224 g/mol. The Hall–Kier alpha value is -0.970. The van der Waals surface area contributed by atoms with Gasteiger partial charge in [-0.15, -0.1) is 0 Å². The van der Waals surface area contributed by atoms with E-state index in [1.54, 1.807) is 12.4 Å². The predicted molar refractivity (Wildman–Crippen MR) is 65.0 cm³/mol. The summed E-state index contributed by atoms with van der Waals surface area (Å²) in [6.45, 7) is 3.19. The summed E-state index contributed by atoms with van der Waals surface area (Å²) in [5, 5.41) is 3.28. The van der Waals surface area contributed by atoms with Crippen LogP contribution in [0.25, 0.3) is 0 Å². The molecule has 1 fully saturated rings. The van der Waals surface area contributed by atoms with E-state index in [0.29, 0.717) is 16.4 Å². The normalized spacial score (nSPS) is 25.4. The number of hydrogen-bond acceptors (Lipinski definition) is 5. The maximum Gasteiger partial charge on any atom is 0.168 e. The van der Waals surface area contributed by atoms with Crippen molar-refractivity contribution in [2.75, 3.05) is 23.3 Å². The van der Waals surface area contributed by atoms with Gasteiger partial charge in [-0.2, -0.15) is 11.8 Å². The Morgan fingerprint density at radius 2 is 2.33 bits per heavy atom. The van der Waals surface area contributed by atoms with Crippen molar-refractivity contribution in [2.24, 2.45) is 0 Å². The van der Waals surface area contributed by atoms with Gasteiger partial charge in [-0.05, 0) is 25.5 Å². The molecule has 0 aromatic carbocycles. The minimum absolute atomic E-state index is 0.323. The first-order valence-corrected chi connectivity index (χ1v) is 6.12. The minimum atomic E-state index is 0.323. The van der Waals surface area contributed by atoms with Crippen LogP contribution in [0.15, 0.2) is 12.4 Å². The quantitative estimate of drug-likeness (QED) is 0.819. The highest BCUT2D eigenvalue weighted by Crippen LogP contribution is 2.37. The lowest BCUT2D eigenvalue weighted by molar-refractivity contribution is 0.634. The molecular formula is C10H16N4S. The van der Waals surface area contributed by atoms with E-state index in [1.807, 2.05) is 11.8 Å². The number of rotatable bonds is 3. The Bertz CT molecular complexity index is 336. The van der Waals surface area contributed by atoms with Gasteiger partial charge in [-0.25, -0.2) is 9.97 Å². The van der Waals surface area contributed by atoms with Gasteiger partial charge in [0, 0.05) is 23.7 Å². The van der Waals surface area contributed by atoms with E-state index in [0.717, 1.165) is 6.54 Å².